The van der Waals surface area contributed by atoms with E-state index in [-0.39, 0.29) is 23.7 Å². The summed E-state index contributed by atoms with van der Waals surface area (Å²) in [5.41, 5.74) is 5.50. The molecule has 3 saturated carbocycles. The monoisotopic (exact) mass is 319 g/mol. The molecular formula is C15H31BClNO3. The maximum absolute atomic E-state index is 10.4. The topological polar surface area (TPSA) is 75.7 Å². The van der Waals surface area contributed by atoms with E-state index in [1.807, 2.05) is 6.92 Å². The summed E-state index contributed by atoms with van der Waals surface area (Å²) in [5.74, 6) is 0.863. The van der Waals surface area contributed by atoms with Crippen molar-refractivity contribution in [3.8, 4) is 0 Å². The van der Waals surface area contributed by atoms with Gasteiger partial charge >= 0.3 is 7.12 Å². The number of aliphatic hydroxyl groups is 1. The van der Waals surface area contributed by atoms with E-state index in [0.29, 0.717) is 18.3 Å². The van der Waals surface area contributed by atoms with Crippen LogP contribution >= 0.6 is 12.4 Å². The molecule has 4 nitrogen and oxygen atoms in total. The van der Waals surface area contributed by atoms with Crippen LogP contribution < -0.4 is 5.73 Å². The van der Waals surface area contributed by atoms with Crippen molar-refractivity contribution >= 4 is 19.5 Å². The lowest BCUT2D eigenvalue weighted by Gasteiger charge is -2.66. The Balaban J connectivity index is 0.00000220. The highest BCUT2D eigenvalue weighted by Crippen LogP contribution is 2.63. The molecule has 21 heavy (non-hydrogen) atoms. The maximum atomic E-state index is 10.4. The fourth-order valence-electron chi connectivity index (χ4n) is 4.29. The number of rotatable bonds is 5. The zero-order valence-electron chi connectivity index (χ0n) is 13.9. The van der Waals surface area contributed by atoms with E-state index in [2.05, 4.69) is 27.7 Å². The zero-order chi connectivity index (χ0) is 15.3. The molecule has 6 heteroatoms. The number of hydrogen-bond acceptors (Lipinski definition) is 4. The summed E-state index contributed by atoms with van der Waals surface area (Å²) in [7, 11) is -1.01. The van der Waals surface area contributed by atoms with E-state index in [9.17, 15) is 10.1 Å². The van der Waals surface area contributed by atoms with Gasteiger partial charge in [-0.3, -0.25) is 0 Å². The number of halogens is 1. The Morgan fingerprint density at radius 1 is 1.29 bits per heavy atom. The molecule has 3 fully saturated rings. The maximum Gasteiger partial charge on any atom is 0.472 e. The summed E-state index contributed by atoms with van der Waals surface area (Å²) in [5, 5.41) is 20.6. The van der Waals surface area contributed by atoms with Gasteiger partial charge in [0.1, 0.15) is 0 Å². The van der Waals surface area contributed by atoms with Gasteiger partial charge < -0.3 is 20.5 Å². The van der Waals surface area contributed by atoms with Crippen molar-refractivity contribution in [1.82, 2.24) is 0 Å². The lowest BCUT2D eigenvalue weighted by Crippen LogP contribution is -2.69. The molecule has 0 amide bonds. The van der Waals surface area contributed by atoms with E-state index < -0.39 is 24.8 Å². The van der Waals surface area contributed by atoms with Crippen LogP contribution in [0.25, 0.3) is 0 Å². The Labute approximate surface area is 135 Å². The third kappa shape index (κ3) is 3.27. The molecule has 0 spiro atoms. The molecule has 3 rings (SSSR count). The SMILES string of the molecule is CC(C)C[C@@H](N)B(O)O[C@]1(C)[C@@H]2C[C@H](C[C@@H]1O)C2(C)C.Cl. The molecular weight excluding hydrogens is 288 g/mol. The van der Waals surface area contributed by atoms with Gasteiger partial charge in [0.05, 0.1) is 11.7 Å². The van der Waals surface area contributed by atoms with Crippen molar-refractivity contribution in [2.24, 2.45) is 28.9 Å². The second-order valence-electron chi connectivity index (χ2n) is 8.04. The molecule has 0 aliphatic heterocycles. The normalized spacial score (nSPS) is 38.4. The predicted octanol–water partition coefficient (Wildman–Crippen LogP) is 2.00. The zero-order valence-corrected chi connectivity index (χ0v) is 14.7. The van der Waals surface area contributed by atoms with Crippen LogP contribution in [0, 0.1) is 23.2 Å². The lowest BCUT2D eigenvalue weighted by molar-refractivity contribution is -0.239. The van der Waals surface area contributed by atoms with Crippen molar-refractivity contribution in [2.45, 2.75) is 71.5 Å². The first-order valence-electron chi connectivity index (χ1n) is 7.88. The van der Waals surface area contributed by atoms with Crippen molar-refractivity contribution in [1.29, 1.82) is 0 Å². The fraction of sp³-hybridized carbons (Fsp3) is 1.00. The molecule has 0 aromatic rings. The smallest absolute Gasteiger partial charge is 0.426 e. The summed E-state index contributed by atoms with van der Waals surface area (Å²) < 4.78 is 5.92. The third-order valence-corrected chi connectivity index (χ3v) is 5.82. The van der Waals surface area contributed by atoms with E-state index >= 15 is 0 Å². The van der Waals surface area contributed by atoms with E-state index in [1.54, 1.807) is 0 Å². The van der Waals surface area contributed by atoms with Gasteiger partial charge in [-0.1, -0.05) is 27.7 Å². The van der Waals surface area contributed by atoms with Crippen LogP contribution in [0.1, 0.15) is 53.9 Å². The summed E-state index contributed by atoms with van der Waals surface area (Å²) in [6.45, 7) is 10.6. The Morgan fingerprint density at radius 2 is 1.86 bits per heavy atom. The van der Waals surface area contributed by atoms with Crippen LogP contribution in [0.4, 0.5) is 0 Å². The number of aliphatic hydroxyl groups excluding tert-OH is 1. The average molecular weight is 320 g/mol. The second kappa shape index (κ2) is 6.36. The minimum absolute atomic E-state index is 0. The van der Waals surface area contributed by atoms with Crippen LogP contribution in [0.2, 0.25) is 0 Å². The molecule has 3 aliphatic rings. The van der Waals surface area contributed by atoms with Crippen molar-refractivity contribution in [3.63, 3.8) is 0 Å². The van der Waals surface area contributed by atoms with Gasteiger partial charge in [0.25, 0.3) is 0 Å². The summed E-state index contributed by atoms with van der Waals surface area (Å²) in [6.07, 6.45) is 2.03. The minimum atomic E-state index is -1.01. The van der Waals surface area contributed by atoms with Crippen LogP contribution in [0.15, 0.2) is 0 Å². The van der Waals surface area contributed by atoms with E-state index in [1.165, 1.54) is 0 Å². The Bertz CT molecular complexity index is 369. The third-order valence-electron chi connectivity index (χ3n) is 5.82. The fourth-order valence-corrected chi connectivity index (χ4v) is 4.29. The minimum Gasteiger partial charge on any atom is -0.426 e. The number of nitrogens with two attached hydrogens (primary N) is 1. The Morgan fingerprint density at radius 3 is 2.33 bits per heavy atom. The molecule has 124 valence electrons. The van der Waals surface area contributed by atoms with Crippen LogP contribution in [-0.2, 0) is 4.65 Å². The average Bonchev–Trinajstić information content (AvgIpc) is 2.31. The molecule has 0 aromatic carbocycles. The van der Waals surface area contributed by atoms with Crippen LogP contribution in [-0.4, -0.2) is 34.9 Å². The quantitative estimate of drug-likeness (QED) is 0.678. The Kier molecular flexibility index (Phi) is 5.83. The summed E-state index contributed by atoms with van der Waals surface area (Å²) in [6, 6.07) is 0. The van der Waals surface area contributed by atoms with E-state index in [4.69, 9.17) is 10.4 Å². The highest BCUT2D eigenvalue weighted by molar-refractivity contribution is 6.45. The molecule has 3 aliphatic carbocycles. The molecule has 5 atom stereocenters. The van der Waals surface area contributed by atoms with Crippen LogP contribution in [0.3, 0.4) is 0 Å². The van der Waals surface area contributed by atoms with Crippen molar-refractivity contribution in [2.75, 3.05) is 0 Å². The predicted molar refractivity (Wildman–Crippen MR) is 88.1 cm³/mol. The highest BCUT2D eigenvalue weighted by Gasteiger charge is 2.64. The molecule has 4 N–H and O–H groups in total. The molecule has 0 unspecified atom stereocenters. The van der Waals surface area contributed by atoms with Crippen LogP contribution in [0.5, 0.6) is 0 Å². The standard InChI is InChI=1S/C15H30BNO3.ClH/c1-9(2)6-13(17)16(19)20-15(5)11-7-10(8-12(15)18)14(11,3)4;/h9-13,18-19H,6-8,17H2,1-5H3;1H/t10-,11-,12+,13-,15-;/m1./s1. The number of fused-ring (bicyclic) bond motifs is 2. The van der Waals surface area contributed by atoms with Gasteiger partial charge in [0.2, 0.25) is 0 Å². The molecule has 2 bridgehead atoms. The van der Waals surface area contributed by atoms with Gasteiger partial charge in [0, 0.05) is 5.94 Å². The van der Waals surface area contributed by atoms with Crippen molar-refractivity contribution in [3.05, 3.63) is 0 Å². The molecule has 0 saturated heterocycles. The van der Waals surface area contributed by atoms with Gasteiger partial charge in [-0.05, 0) is 49.4 Å². The molecule has 0 aromatic heterocycles. The Hall–Kier alpha value is 0.195. The van der Waals surface area contributed by atoms with Crippen molar-refractivity contribution < 1.29 is 14.8 Å². The molecule has 0 heterocycles. The molecule has 0 radical (unpaired) electrons. The first-order valence-corrected chi connectivity index (χ1v) is 7.88. The van der Waals surface area contributed by atoms with Gasteiger partial charge in [-0.2, -0.15) is 0 Å². The van der Waals surface area contributed by atoms with E-state index in [0.717, 1.165) is 12.8 Å². The second-order valence-corrected chi connectivity index (χ2v) is 8.04. The summed E-state index contributed by atoms with van der Waals surface area (Å²) >= 11 is 0. The van der Waals surface area contributed by atoms with Gasteiger partial charge in [0.15, 0.2) is 0 Å². The number of hydrogen-bond donors (Lipinski definition) is 3. The van der Waals surface area contributed by atoms with Gasteiger partial charge in [-0.25, -0.2) is 0 Å². The largest absolute Gasteiger partial charge is 0.472 e. The first kappa shape index (κ1) is 19.2. The first-order chi connectivity index (χ1) is 9.09. The highest BCUT2D eigenvalue weighted by atomic mass is 35.5. The lowest BCUT2D eigenvalue weighted by atomic mass is 9.43. The van der Waals surface area contributed by atoms with Gasteiger partial charge in [-0.15, -0.1) is 12.4 Å². The summed E-state index contributed by atoms with van der Waals surface area (Å²) in [4.78, 5) is 0.